The van der Waals surface area contributed by atoms with Gasteiger partial charge in [0.2, 0.25) is 0 Å². The number of nitrogens with one attached hydrogen (secondary N) is 3. The van der Waals surface area contributed by atoms with Crippen LogP contribution in [0.5, 0.6) is 0 Å². The van der Waals surface area contributed by atoms with Crippen molar-refractivity contribution in [3.63, 3.8) is 0 Å². The number of hydrogen-bond acceptors (Lipinski definition) is 7. The Morgan fingerprint density at radius 1 is 1.29 bits per heavy atom. The third kappa shape index (κ3) is 6.11. The lowest BCUT2D eigenvalue weighted by atomic mass is 10.0. The number of alkyl halides is 1. The molecule has 31 heavy (non-hydrogen) atoms. The molecule has 0 saturated heterocycles. The fourth-order valence-electron chi connectivity index (χ4n) is 2.86. The number of thiazole rings is 1. The van der Waals surface area contributed by atoms with E-state index in [2.05, 4.69) is 32.8 Å². The van der Waals surface area contributed by atoms with Gasteiger partial charge in [-0.3, -0.25) is 4.79 Å². The molecule has 0 saturated carbocycles. The molecule has 1 atom stereocenters. The number of fused-ring (bicyclic) bond motifs is 1. The Bertz CT molecular complexity index is 1030. The molecular formula is C22H28FN5O2S. The van der Waals surface area contributed by atoms with Crippen molar-refractivity contribution in [2.75, 3.05) is 23.7 Å². The Morgan fingerprint density at radius 3 is 2.84 bits per heavy atom. The number of carbonyl (C=O) groups is 1. The maximum Gasteiger partial charge on any atom is 0.255 e. The minimum atomic E-state index is -1.58. The zero-order valence-electron chi connectivity index (χ0n) is 17.9. The van der Waals surface area contributed by atoms with E-state index in [0.29, 0.717) is 23.6 Å². The van der Waals surface area contributed by atoms with Crippen molar-refractivity contribution in [1.29, 1.82) is 0 Å². The molecule has 2 heterocycles. The quantitative estimate of drug-likeness (QED) is 0.343. The van der Waals surface area contributed by atoms with Gasteiger partial charge in [-0.05, 0) is 38.5 Å². The van der Waals surface area contributed by atoms with E-state index in [4.69, 9.17) is 0 Å². The number of benzene rings is 1. The van der Waals surface area contributed by atoms with Crippen molar-refractivity contribution in [3.05, 3.63) is 41.5 Å². The van der Waals surface area contributed by atoms with Gasteiger partial charge in [-0.2, -0.15) is 0 Å². The number of hydrogen-bond donors (Lipinski definition) is 4. The molecule has 3 aromatic rings. The summed E-state index contributed by atoms with van der Waals surface area (Å²) in [4.78, 5) is 21.3. The molecule has 4 N–H and O–H groups in total. The third-order valence-electron chi connectivity index (χ3n) is 4.81. The highest BCUT2D eigenvalue weighted by molar-refractivity contribution is 7.16. The highest BCUT2D eigenvalue weighted by Gasteiger charge is 2.27. The zero-order valence-corrected chi connectivity index (χ0v) is 18.7. The smallest absolute Gasteiger partial charge is 0.255 e. The van der Waals surface area contributed by atoms with Crippen LogP contribution in [0.2, 0.25) is 0 Å². The third-order valence-corrected chi connectivity index (χ3v) is 5.60. The number of unbranched alkanes of at least 4 members (excludes halogenated alkanes) is 1. The standard InChI is InChI=1S/C22H28FN5O2S/c1-4-5-8-24-17-10-20(28-14-6-7-16-18(9-14)31-13-27-16)25-11-15(17)21(29)26-12-19(23)22(2,3)30/h6-7,9-11,13,19,30H,4-5,8,12H2,1-3H3,(H,26,29)(H2,24,25,28). The van der Waals surface area contributed by atoms with Gasteiger partial charge >= 0.3 is 0 Å². The van der Waals surface area contributed by atoms with Crippen LogP contribution in [-0.2, 0) is 0 Å². The summed E-state index contributed by atoms with van der Waals surface area (Å²) in [6.45, 7) is 5.23. The van der Waals surface area contributed by atoms with Crippen LogP contribution in [0.4, 0.5) is 21.6 Å². The predicted octanol–water partition coefficient (Wildman–Crippen LogP) is 4.49. The number of rotatable bonds is 10. The molecule has 1 unspecified atom stereocenters. The number of amides is 1. The van der Waals surface area contributed by atoms with E-state index in [1.54, 1.807) is 22.9 Å². The second-order valence-electron chi connectivity index (χ2n) is 7.89. The molecule has 0 fully saturated rings. The molecule has 0 bridgehead atoms. The summed E-state index contributed by atoms with van der Waals surface area (Å²) >= 11 is 1.56. The number of carbonyl (C=O) groups excluding carboxylic acids is 1. The lowest BCUT2D eigenvalue weighted by molar-refractivity contribution is -0.00177. The van der Waals surface area contributed by atoms with Gasteiger partial charge in [0.25, 0.3) is 5.91 Å². The fraction of sp³-hybridized carbons (Fsp3) is 0.409. The summed E-state index contributed by atoms with van der Waals surface area (Å²) in [7, 11) is 0. The number of pyridine rings is 1. The highest BCUT2D eigenvalue weighted by atomic mass is 32.1. The number of anilines is 3. The van der Waals surface area contributed by atoms with Crippen LogP contribution in [0.1, 0.15) is 44.0 Å². The Kier molecular flexibility index (Phi) is 7.40. The molecule has 9 heteroatoms. The zero-order chi connectivity index (χ0) is 22.4. The Morgan fingerprint density at radius 2 is 2.10 bits per heavy atom. The van der Waals surface area contributed by atoms with Crippen LogP contribution in [0.15, 0.2) is 36.0 Å². The van der Waals surface area contributed by atoms with E-state index in [1.165, 1.54) is 20.0 Å². The summed E-state index contributed by atoms with van der Waals surface area (Å²) in [5, 5.41) is 18.8. The molecule has 7 nitrogen and oxygen atoms in total. The summed E-state index contributed by atoms with van der Waals surface area (Å²) in [5.74, 6) is 0.135. The van der Waals surface area contributed by atoms with Crippen LogP contribution < -0.4 is 16.0 Å². The monoisotopic (exact) mass is 445 g/mol. The maximum absolute atomic E-state index is 14.0. The van der Waals surface area contributed by atoms with E-state index in [-0.39, 0.29) is 6.54 Å². The van der Waals surface area contributed by atoms with E-state index in [0.717, 1.165) is 28.7 Å². The highest BCUT2D eigenvalue weighted by Crippen LogP contribution is 2.26. The first-order chi connectivity index (χ1) is 14.8. The van der Waals surface area contributed by atoms with Crippen LogP contribution in [0.3, 0.4) is 0 Å². The Labute approximate surface area is 185 Å². The maximum atomic E-state index is 14.0. The Hall–Kier alpha value is -2.78. The minimum absolute atomic E-state index is 0.286. The molecule has 0 aliphatic rings. The molecule has 3 rings (SSSR count). The van der Waals surface area contributed by atoms with Gasteiger partial charge in [-0.1, -0.05) is 13.3 Å². The van der Waals surface area contributed by atoms with Crippen LogP contribution in [0.25, 0.3) is 10.2 Å². The topological polar surface area (TPSA) is 99.2 Å². The van der Waals surface area contributed by atoms with Crippen molar-refractivity contribution in [2.45, 2.75) is 45.4 Å². The molecular weight excluding hydrogens is 417 g/mol. The van der Waals surface area contributed by atoms with E-state index < -0.39 is 17.7 Å². The molecule has 0 spiro atoms. The second-order valence-corrected chi connectivity index (χ2v) is 8.77. The van der Waals surface area contributed by atoms with Crippen molar-refractivity contribution >= 4 is 44.7 Å². The second kappa shape index (κ2) is 10.0. The first-order valence-electron chi connectivity index (χ1n) is 10.3. The Balaban J connectivity index is 1.77. The summed E-state index contributed by atoms with van der Waals surface area (Å²) in [5.41, 5.74) is 3.01. The lowest BCUT2D eigenvalue weighted by Crippen LogP contribution is -2.42. The molecule has 1 amide bonds. The number of aliphatic hydroxyl groups is 1. The first-order valence-corrected chi connectivity index (χ1v) is 11.1. The molecule has 2 aromatic heterocycles. The van der Waals surface area contributed by atoms with Gasteiger partial charge in [0.1, 0.15) is 12.0 Å². The molecule has 0 radical (unpaired) electrons. The molecule has 0 aliphatic heterocycles. The van der Waals surface area contributed by atoms with Crippen molar-refractivity contribution < 1.29 is 14.3 Å². The number of nitrogens with zero attached hydrogens (tertiary/aromatic N) is 2. The normalized spacial score (nSPS) is 12.5. The summed E-state index contributed by atoms with van der Waals surface area (Å²) < 4.78 is 15.1. The van der Waals surface area contributed by atoms with Gasteiger partial charge in [0.05, 0.1) is 39.1 Å². The van der Waals surface area contributed by atoms with Gasteiger partial charge in [-0.25, -0.2) is 14.4 Å². The van der Waals surface area contributed by atoms with Gasteiger partial charge < -0.3 is 21.1 Å². The van der Waals surface area contributed by atoms with Crippen molar-refractivity contribution in [1.82, 2.24) is 15.3 Å². The van der Waals surface area contributed by atoms with Crippen molar-refractivity contribution in [2.24, 2.45) is 0 Å². The van der Waals surface area contributed by atoms with E-state index >= 15 is 0 Å². The lowest BCUT2D eigenvalue weighted by Gasteiger charge is -2.22. The van der Waals surface area contributed by atoms with E-state index in [9.17, 15) is 14.3 Å². The average Bonchev–Trinajstić information content (AvgIpc) is 3.19. The van der Waals surface area contributed by atoms with Gasteiger partial charge in [0, 0.05) is 24.5 Å². The number of halogens is 1. The SMILES string of the molecule is CCCCNc1cc(Nc2ccc3ncsc3c2)ncc1C(=O)NCC(F)C(C)(C)O. The molecule has 1 aromatic carbocycles. The van der Waals surface area contributed by atoms with Crippen LogP contribution in [-0.4, -0.2) is 45.8 Å². The summed E-state index contributed by atoms with van der Waals surface area (Å²) in [6.07, 6.45) is 1.84. The van der Waals surface area contributed by atoms with Gasteiger partial charge in [0.15, 0.2) is 0 Å². The first kappa shape index (κ1) is 22.9. The van der Waals surface area contributed by atoms with Crippen LogP contribution >= 0.6 is 11.3 Å². The fourth-order valence-corrected chi connectivity index (χ4v) is 3.58. The van der Waals surface area contributed by atoms with Gasteiger partial charge in [-0.15, -0.1) is 11.3 Å². The summed E-state index contributed by atoms with van der Waals surface area (Å²) in [6, 6.07) is 7.63. The molecule has 166 valence electrons. The average molecular weight is 446 g/mol. The predicted molar refractivity (Wildman–Crippen MR) is 124 cm³/mol. The largest absolute Gasteiger partial charge is 0.387 e. The van der Waals surface area contributed by atoms with Crippen molar-refractivity contribution in [3.8, 4) is 0 Å². The van der Waals surface area contributed by atoms with Crippen LogP contribution in [0, 0.1) is 0 Å². The minimum Gasteiger partial charge on any atom is -0.387 e. The molecule has 0 aliphatic carbocycles. The van der Waals surface area contributed by atoms with E-state index in [1.807, 2.05) is 18.2 Å². The number of aromatic nitrogens is 2.